The Balaban J connectivity index is 0.000000445. The van der Waals surface area contributed by atoms with Crippen LogP contribution in [0, 0.1) is 0 Å². The van der Waals surface area contributed by atoms with E-state index in [2.05, 4.69) is 9.89 Å². The fourth-order valence-corrected chi connectivity index (χ4v) is 2.41. The van der Waals surface area contributed by atoms with E-state index in [1.807, 2.05) is 20.8 Å². The van der Waals surface area contributed by atoms with E-state index in [0.717, 1.165) is 12.7 Å². The first kappa shape index (κ1) is 23.2. The fraction of sp³-hybridized carbons (Fsp3) is 0.733. The Kier molecular flexibility index (Phi) is 6.59. The van der Waals surface area contributed by atoms with Gasteiger partial charge in [-0.25, -0.2) is 4.79 Å². The first-order valence-corrected chi connectivity index (χ1v) is 7.61. The van der Waals surface area contributed by atoms with Gasteiger partial charge in [0.25, 0.3) is 0 Å². The summed E-state index contributed by atoms with van der Waals surface area (Å²) in [4.78, 5) is 10.6. The maximum Gasteiger partial charge on any atom is 0.490 e. The minimum Gasteiger partial charge on any atom is -0.475 e. The van der Waals surface area contributed by atoms with Gasteiger partial charge in [0.05, 0.1) is 0 Å². The molecule has 2 rings (SSSR count). The summed E-state index contributed by atoms with van der Waals surface area (Å²) in [5.41, 5.74) is -0.593. The van der Waals surface area contributed by atoms with Crippen LogP contribution in [0.2, 0.25) is 0 Å². The number of halogens is 6. The van der Waals surface area contributed by atoms with Gasteiger partial charge in [-0.05, 0) is 5.41 Å². The molecule has 0 aliphatic carbocycles. The second kappa shape index (κ2) is 7.66. The van der Waals surface area contributed by atoms with E-state index in [1.54, 1.807) is 11.2 Å². The number of carbonyl (C=O) groups is 1. The Morgan fingerprint density at radius 2 is 1.74 bits per heavy atom. The number of methoxy groups -OCH3 is 1. The number of aromatic nitrogens is 1. The summed E-state index contributed by atoms with van der Waals surface area (Å²) >= 11 is 0. The van der Waals surface area contributed by atoms with E-state index >= 15 is 0 Å². The second-order valence-corrected chi connectivity index (χ2v) is 7.07. The zero-order valence-electron chi connectivity index (χ0n) is 15.0. The quantitative estimate of drug-likeness (QED) is 0.776. The van der Waals surface area contributed by atoms with Crippen molar-refractivity contribution in [3.63, 3.8) is 0 Å². The third-order valence-electron chi connectivity index (χ3n) is 3.93. The molecular formula is C15H20F6N2O4. The third-order valence-corrected chi connectivity index (χ3v) is 3.93. The lowest BCUT2D eigenvalue weighted by Gasteiger charge is -2.49. The van der Waals surface area contributed by atoms with Gasteiger partial charge in [-0.3, -0.25) is 4.90 Å². The van der Waals surface area contributed by atoms with E-state index < -0.39 is 23.9 Å². The average Bonchev–Trinajstić information content (AvgIpc) is 2.88. The van der Waals surface area contributed by atoms with Crippen LogP contribution in [0.15, 0.2) is 10.8 Å². The van der Waals surface area contributed by atoms with Crippen LogP contribution in [0.4, 0.5) is 26.3 Å². The molecule has 1 aliphatic heterocycles. The van der Waals surface area contributed by atoms with Crippen molar-refractivity contribution in [2.75, 3.05) is 20.2 Å². The normalized spacial score (nSPS) is 17.7. The molecule has 0 spiro atoms. The van der Waals surface area contributed by atoms with E-state index in [9.17, 15) is 26.3 Å². The summed E-state index contributed by atoms with van der Waals surface area (Å²) in [7, 11) is 1.10. The van der Waals surface area contributed by atoms with Crippen LogP contribution in [0.3, 0.4) is 0 Å². The summed E-state index contributed by atoms with van der Waals surface area (Å²) in [6, 6.07) is 0. The van der Waals surface area contributed by atoms with Gasteiger partial charge in [-0.15, -0.1) is 0 Å². The van der Waals surface area contributed by atoms with Crippen molar-refractivity contribution < 1.29 is 45.5 Å². The Labute approximate surface area is 151 Å². The molecule has 0 radical (unpaired) electrons. The Morgan fingerprint density at radius 1 is 1.26 bits per heavy atom. The van der Waals surface area contributed by atoms with Crippen molar-refractivity contribution in [2.24, 2.45) is 0 Å². The molecule has 0 aromatic carbocycles. The van der Waals surface area contributed by atoms with Crippen molar-refractivity contribution in [3.8, 4) is 0 Å². The largest absolute Gasteiger partial charge is 0.490 e. The second-order valence-electron chi connectivity index (χ2n) is 7.07. The Bertz CT molecular complexity index is 642. The number of likely N-dealkylation sites (tertiary alicyclic amines) is 1. The van der Waals surface area contributed by atoms with Gasteiger partial charge in [0.1, 0.15) is 12.0 Å². The monoisotopic (exact) mass is 406 g/mol. The molecule has 2 heterocycles. The zero-order chi connectivity index (χ0) is 21.3. The van der Waals surface area contributed by atoms with E-state index in [0.29, 0.717) is 12.2 Å². The van der Waals surface area contributed by atoms with Gasteiger partial charge in [0.15, 0.2) is 5.60 Å². The van der Waals surface area contributed by atoms with Crippen LogP contribution in [0.5, 0.6) is 0 Å². The molecule has 156 valence electrons. The molecule has 0 unspecified atom stereocenters. The van der Waals surface area contributed by atoms with Gasteiger partial charge in [0.2, 0.25) is 0 Å². The number of carboxylic acid groups (broad SMARTS) is 1. The van der Waals surface area contributed by atoms with Crippen LogP contribution in [0.1, 0.15) is 32.0 Å². The first-order valence-electron chi connectivity index (χ1n) is 7.61. The molecule has 1 saturated heterocycles. The van der Waals surface area contributed by atoms with Crippen molar-refractivity contribution in [1.29, 1.82) is 0 Å². The smallest absolute Gasteiger partial charge is 0.475 e. The topological polar surface area (TPSA) is 75.8 Å². The maximum atomic E-state index is 12.9. The van der Waals surface area contributed by atoms with Gasteiger partial charge < -0.3 is 14.4 Å². The highest BCUT2D eigenvalue weighted by Gasteiger charge is 2.62. The van der Waals surface area contributed by atoms with E-state index in [-0.39, 0.29) is 18.5 Å². The molecule has 1 fully saturated rings. The van der Waals surface area contributed by atoms with Crippen molar-refractivity contribution in [1.82, 2.24) is 10.1 Å². The lowest BCUT2D eigenvalue weighted by Crippen LogP contribution is -2.69. The highest BCUT2D eigenvalue weighted by molar-refractivity contribution is 5.73. The van der Waals surface area contributed by atoms with Gasteiger partial charge in [0, 0.05) is 32.3 Å². The highest BCUT2D eigenvalue weighted by Crippen LogP contribution is 2.41. The number of alkyl halides is 6. The molecule has 27 heavy (non-hydrogen) atoms. The number of aliphatic carboxylic acids is 1. The number of hydrogen-bond acceptors (Lipinski definition) is 5. The number of ether oxygens (including phenoxy) is 1. The molecule has 0 atom stereocenters. The standard InChI is InChI=1S/C13H19F3N2O2.C2HF3O2/c1-11(2,3)9-6-20-17-10(9)5-18-7-12(8-18,19-4)13(14,15)16;3-2(4,5)1(6)7/h6H,5,7-8H2,1-4H3;(H,6,7). The molecule has 0 amide bonds. The molecule has 12 heteroatoms. The Hall–Kier alpha value is -1.82. The number of hydrogen-bond donors (Lipinski definition) is 1. The van der Waals surface area contributed by atoms with Gasteiger partial charge >= 0.3 is 18.3 Å². The summed E-state index contributed by atoms with van der Waals surface area (Å²) in [6.45, 7) is 6.01. The van der Waals surface area contributed by atoms with Crippen molar-refractivity contribution in [3.05, 3.63) is 17.5 Å². The van der Waals surface area contributed by atoms with Crippen molar-refractivity contribution in [2.45, 2.75) is 50.7 Å². The summed E-state index contributed by atoms with van der Waals surface area (Å²) in [5, 5.41) is 11.0. The molecular weight excluding hydrogens is 386 g/mol. The minimum atomic E-state index is -5.08. The van der Waals surface area contributed by atoms with E-state index in [4.69, 9.17) is 14.4 Å². The maximum absolute atomic E-state index is 12.9. The van der Waals surface area contributed by atoms with Crippen LogP contribution in [-0.2, 0) is 21.5 Å². The molecule has 6 nitrogen and oxygen atoms in total. The summed E-state index contributed by atoms with van der Waals surface area (Å²) < 4.78 is 80.0. The van der Waals surface area contributed by atoms with Crippen LogP contribution in [-0.4, -0.2) is 59.3 Å². The Morgan fingerprint density at radius 3 is 2.07 bits per heavy atom. The van der Waals surface area contributed by atoms with Crippen LogP contribution < -0.4 is 0 Å². The number of rotatable bonds is 3. The lowest BCUT2D eigenvalue weighted by atomic mass is 9.86. The summed E-state index contributed by atoms with van der Waals surface area (Å²) in [5.74, 6) is -2.76. The molecule has 1 N–H and O–H groups in total. The third kappa shape index (κ3) is 5.58. The number of carboxylic acids is 1. The molecule has 1 aliphatic rings. The summed E-state index contributed by atoms with van der Waals surface area (Å²) in [6.07, 6.45) is -7.88. The lowest BCUT2D eigenvalue weighted by molar-refractivity contribution is -0.312. The predicted octanol–water partition coefficient (Wildman–Crippen LogP) is 3.37. The average molecular weight is 406 g/mol. The zero-order valence-corrected chi connectivity index (χ0v) is 15.0. The fourth-order valence-electron chi connectivity index (χ4n) is 2.41. The molecule has 0 bridgehead atoms. The SMILES string of the molecule is COC1(C(F)(F)F)CN(Cc2nocc2C(C)(C)C)C1.O=C(O)C(F)(F)F. The van der Waals surface area contributed by atoms with E-state index in [1.165, 1.54) is 0 Å². The minimum absolute atomic E-state index is 0.150. The first-order chi connectivity index (χ1) is 12.0. The molecule has 1 aromatic heterocycles. The van der Waals surface area contributed by atoms with Crippen LogP contribution >= 0.6 is 0 Å². The predicted molar refractivity (Wildman–Crippen MR) is 80.0 cm³/mol. The molecule has 1 aromatic rings. The molecule has 0 saturated carbocycles. The highest BCUT2D eigenvalue weighted by atomic mass is 19.4. The van der Waals surface area contributed by atoms with Crippen molar-refractivity contribution >= 4 is 5.97 Å². The van der Waals surface area contributed by atoms with Crippen LogP contribution in [0.25, 0.3) is 0 Å². The number of nitrogens with zero attached hydrogens (tertiary/aromatic N) is 2. The van der Waals surface area contributed by atoms with Gasteiger partial charge in [-0.2, -0.15) is 26.3 Å². The van der Waals surface area contributed by atoms with Gasteiger partial charge in [-0.1, -0.05) is 25.9 Å².